The molecule has 2 heterocycles. The summed E-state index contributed by atoms with van der Waals surface area (Å²) < 4.78 is 1.68. The largest absolute Gasteiger partial charge is 0.391 e. The van der Waals surface area contributed by atoms with Crippen LogP contribution in [0.4, 0.5) is 0 Å². The van der Waals surface area contributed by atoms with Gasteiger partial charge >= 0.3 is 0 Å². The molecule has 21 heavy (non-hydrogen) atoms. The fourth-order valence-electron chi connectivity index (χ4n) is 3.21. The maximum Gasteiger partial charge on any atom is 0.130 e. The second-order valence-electron chi connectivity index (χ2n) is 6.75. The van der Waals surface area contributed by atoms with Crippen molar-refractivity contribution in [3.05, 3.63) is 16.4 Å². The second-order valence-corrected chi connectivity index (χ2v) is 7.11. The molecule has 1 N–H and O–H groups in total. The number of likely N-dealkylation sites (tertiary alicyclic amines) is 1. The number of aliphatic hydroxyl groups excluding tert-OH is 1. The minimum atomic E-state index is -0.448. The van der Waals surface area contributed by atoms with E-state index < -0.39 is 6.10 Å². The molecule has 0 bridgehead atoms. The van der Waals surface area contributed by atoms with E-state index in [4.69, 9.17) is 11.6 Å². The van der Waals surface area contributed by atoms with E-state index >= 15 is 0 Å². The highest BCUT2D eigenvalue weighted by atomic mass is 35.5. The molecule has 1 saturated heterocycles. The molecule has 1 atom stereocenters. The van der Waals surface area contributed by atoms with Crippen LogP contribution in [0.25, 0.3) is 0 Å². The zero-order valence-electron chi connectivity index (χ0n) is 13.7. The molecular weight excluding hydrogens is 286 g/mol. The lowest BCUT2D eigenvalue weighted by atomic mass is 9.90. The van der Waals surface area contributed by atoms with Gasteiger partial charge in [-0.3, -0.25) is 9.58 Å². The van der Waals surface area contributed by atoms with E-state index in [-0.39, 0.29) is 5.54 Å². The van der Waals surface area contributed by atoms with Crippen molar-refractivity contribution in [2.45, 2.75) is 64.5 Å². The van der Waals surface area contributed by atoms with Crippen LogP contribution in [0.1, 0.15) is 50.8 Å². The molecule has 0 aromatic carbocycles. The Morgan fingerprint density at radius 3 is 2.29 bits per heavy atom. The summed E-state index contributed by atoms with van der Waals surface area (Å²) in [5, 5.41) is 15.8. The van der Waals surface area contributed by atoms with Crippen LogP contribution in [0.2, 0.25) is 5.15 Å². The van der Waals surface area contributed by atoms with Crippen LogP contribution in [0.5, 0.6) is 0 Å². The lowest BCUT2D eigenvalue weighted by Crippen LogP contribution is -2.53. The van der Waals surface area contributed by atoms with E-state index in [1.54, 1.807) is 4.68 Å². The topological polar surface area (TPSA) is 41.3 Å². The van der Waals surface area contributed by atoms with Crippen molar-refractivity contribution in [2.24, 2.45) is 7.05 Å². The third-order valence-corrected chi connectivity index (χ3v) is 5.38. The third-order valence-electron chi connectivity index (χ3n) is 4.90. The first kappa shape index (κ1) is 16.8. The SMILES string of the molecule is Cc1nn(C)c(Cl)c1CC(O)C(C)(C)N1CCCCCC1. The van der Waals surface area contributed by atoms with Gasteiger partial charge in [0.15, 0.2) is 0 Å². The number of aliphatic hydroxyl groups is 1. The quantitative estimate of drug-likeness (QED) is 0.929. The maximum absolute atomic E-state index is 10.8. The van der Waals surface area contributed by atoms with E-state index in [2.05, 4.69) is 23.8 Å². The zero-order valence-corrected chi connectivity index (χ0v) is 14.4. The second kappa shape index (κ2) is 6.67. The van der Waals surface area contributed by atoms with Gasteiger partial charge in [-0.2, -0.15) is 5.10 Å². The Morgan fingerprint density at radius 1 is 1.24 bits per heavy atom. The number of nitrogens with zero attached hydrogens (tertiary/aromatic N) is 3. The minimum absolute atomic E-state index is 0.240. The molecule has 1 fully saturated rings. The van der Waals surface area contributed by atoms with Crippen molar-refractivity contribution >= 4 is 11.6 Å². The summed E-state index contributed by atoms with van der Waals surface area (Å²) in [5.74, 6) is 0. The van der Waals surface area contributed by atoms with Gasteiger partial charge in [-0.15, -0.1) is 0 Å². The average Bonchev–Trinajstić information content (AvgIpc) is 2.68. The lowest BCUT2D eigenvalue weighted by molar-refractivity contribution is -0.00792. The number of halogens is 1. The van der Waals surface area contributed by atoms with E-state index in [0.717, 1.165) is 24.3 Å². The number of aromatic nitrogens is 2. The molecule has 0 radical (unpaired) electrons. The molecule has 5 heteroatoms. The van der Waals surface area contributed by atoms with E-state index in [0.29, 0.717) is 11.6 Å². The highest BCUT2D eigenvalue weighted by Gasteiger charge is 2.35. The van der Waals surface area contributed by atoms with Gasteiger partial charge < -0.3 is 5.11 Å². The first-order valence-corrected chi connectivity index (χ1v) is 8.33. The van der Waals surface area contributed by atoms with Crippen molar-refractivity contribution in [3.8, 4) is 0 Å². The zero-order chi connectivity index (χ0) is 15.6. The monoisotopic (exact) mass is 313 g/mol. The number of rotatable bonds is 4. The van der Waals surface area contributed by atoms with Crippen molar-refractivity contribution in [3.63, 3.8) is 0 Å². The van der Waals surface area contributed by atoms with Gasteiger partial charge in [0.1, 0.15) is 5.15 Å². The number of hydrogen-bond donors (Lipinski definition) is 1. The summed E-state index contributed by atoms with van der Waals surface area (Å²) in [5.41, 5.74) is 1.64. The van der Waals surface area contributed by atoms with Gasteiger partial charge in [0, 0.05) is 24.6 Å². The number of hydrogen-bond acceptors (Lipinski definition) is 3. The van der Waals surface area contributed by atoms with Crippen molar-refractivity contribution in [2.75, 3.05) is 13.1 Å². The first-order valence-electron chi connectivity index (χ1n) is 7.95. The Morgan fingerprint density at radius 2 is 1.81 bits per heavy atom. The van der Waals surface area contributed by atoms with Crippen molar-refractivity contribution < 1.29 is 5.11 Å². The molecule has 2 rings (SSSR count). The Hall–Kier alpha value is -0.580. The standard InChI is InChI=1S/C16H28ClN3O/c1-12-13(15(17)19(4)18-12)11-14(21)16(2,3)20-9-7-5-6-8-10-20/h14,21H,5-11H2,1-4H3. The van der Waals surface area contributed by atoms with Crippen LogP contribution in [0.3, 0.4) is 0 Å². The van der Waals surface area contributed by atoms with Crippen LogP contribution >= 0.6 is 11.6 Å². The summed E-state index contributed by atoms with van der Waals surface area (Å²) in [6.45, 7) is 8.38. The molecule has 0 spiro atoms. The molecule has 0 saturated carbocycles. The molecule has 1 aromatic rings. The van der Waals surface area contributed by atoms with E-state index in [9.17, 15) is 5.11 Å². The molecule has 1 unspecified atom stereocenters. The predicted octanol–water partition coefficient (Wildman–Crippen LogP) is 2.94. The van der Waals surface area contributed by atoms with Crippen LogP contribution in [0.15, 0.2) is 0 Å². The molecule has 0 aliphatic carbocycles. The minimum Gasteiger partial charge on any atom is -0.391 e. The Bertz CT molecular complexity index is 476. The summed E-state index contributed by atoms with van der Waals surface area (Å²) in [7, 11) is 1.84. The average molecular weight is 314 g/mol. The highest BCUT2D eigenvalue weighted by molar-refractivity contribution is 6.30. The van der Waals surface area contributed by atoms with Gasteiger partial charge in [-0.25, -0.2) is 0 Å². The van der Waals surface area contributed by atoms with Gasteiger partial charge in [0.2, 0.25) is 0 Å². The van der Waals surface area contributed by atoms with Crippen molar-refractivity contribution in [1.29, 1.82) is 0 Å². The van der Waals surface area contributed by atoms with Gasteiger partial charge in [-0.1, -0.05) is 24.4 Å². The Balaban J connectivity index is 2.11. The summed E-state index contributed by atoms with van der Waals surface area (Å²) >= 11 is 6.30. The summed E-state index contributed by atoms with van der Waals surface area (Å²) in [4.78, 5) is 2.43. The van der Waals surface area contributed by atoms with Crippen LogP contribution in [-0.4, -0.2) is 44.5 Å². The van der Waals surface area contributed by atoms with Crippen LogP contribution < -0.4 is 0 Å². The third kappa shape index (κ3) is 3.61. The fourth-order valence-corrected chi connectivity index (χ4v) is 3.46. The van der Waals surface area contributed by atoms with Crippen molar-refractivity contribution in [1.82, 2.24) is 14.7 Å². The molecule has 0 amide bonds. The molecule has 4 nitrogen and oxygen atoms in total. The molecular formula is C16H28ClN3O. The smallest absolute Gasteiger partial charge is 0.130 e. The molecule has 120 valence electrons. The van der Waals surface area contributed by atoms with Gasteiger partial charge in [-0.05, 0) is 46.7 Å². The predicted molar refractivity (Wildman–Crippen MR) is 86.8 cm³/mol. The van der Waals surface area contributed by atoms with Crippen LogP contribution in [-0.2, 0) is 13.5 Å². The molecule has 1 aliphatic rings. The van der Waals surface area contributed by atoms with Crippen LogP contribution in [0, 0.1) is 6.92 Å². The Kier molecular flexibility index (Phi) is 5.33. The molecule has 1 aromatic heterocycles. The number of aryl methyl sites for hydroxylation is 2. The summed E-state index contributed by atoms with van der Waals surface area (Å²) in [6, 6.07) is 0. The highest BCUT2D eigenvalue weighted by Crippen LogP contribution is 2.28. The van der Waals surface area contributed by atoms with E-state index in [1.165, 1.54) is 25.7 Å². The maximum atomic E-state index is 10.8. The van der Waals surface area contributed by atoms with Gasteiger partial charge in [0.05, 0.1) is 11.8 Å². The first-order chi connectivity index (χ1) is 9.84. The molecule has 1 aliphatic heterocycles. The van der Waals surface area contributed by atoms with Gasteiger partial charge in [0.25, 0.3) is 0 Å². The lowest BCUT2D eigenvalue weighted by Gasteiger charge is -2.41. The summed E-state index contributed by atoms with van der Waals surface area (Å²) in [6.07, 6.45) is 5.16. The normalized spacial score (nSPS) is 19.5. The Labute approximate surface area is 133 Å². The fraction of sp³-hybridized carbons (Fsp3) is 0.812. The van der Waals surface area contributed by atoms with E-state index in [1.807, 2.05) is 14.0 Å².